The normalized spacial score (nSPS) is 33.9. The van der Waals surface area contributed by atoms with Crippen molar-refractivity contribution in [2.24, 2.45) is 5.92 Å². The zero-order valence-corrected chi connectivity index (χ0v) is 29.7. The summed E-state index contributed by atoms with van der Waals surface area (Å²) in [5, 5.41) is 34.0. The van der Waals surface area contributed by atoms with Crippen molar-refractivity contribution in [1.29, 1.82) is 0 Å². The number of hydrogen-bond acceptors (Lipinski definition) is 11. The lowest BCUT2D eigenvalue weighted by atomic mass is 9.89. The fourth-order valence-corrected chi connectivity index (χ4v) is 7.04. The number of urea groups is 1. The topological polar surface area (TPSA) is 175 Å². The molecule has 0 aliphatic carbocycles. The van der Waals surface area contributed by atoms with Gasteiger partial charge in [-0.2, -0.15) is 0 Å². The van der Waals surface area contributed by atoms with E-state index in [2.05, 4.69) is 4.90 Å². The minimum atomic E-state index is -4.29. The fraction of sp³-hybridized carbons (Fsp3) is 0.750. The van der Waals surface area contributed by atoms with Crippen LogP contribution in [0.3, 0.4) is 0 Å². The van der Waals surface area contributed by atoms with Crippen LogP contribution in [0.2, 0.25) is 5.02 Å². The van der Waals surface area contributed by atoms with Gasteiger partial charge in [0.1, 0.15) is 17.8 Å². The van der Waals surface area contributed by atoms with Crippen molar-refractivity contribution in [2.75, 3.05) is 27.2 Å². The van der Waals surface area contributed by atoms with Crippen molar-refractivity contribution in [3.8, 4) is 0 Å². The summed E-state index contributed by atoms with van der Waals surface area (Å²) in [4.78, 5) is 29.6. The van der Waals surface area contributed by atoms with Crippen LogP contribution in [0.1, 0.15) is 72.6 Å². The summed E-state index contributed by atoms with van der Waals surface area (Å²) in [5.74, 6) is -1.72. The molecule has 0 aromatic heterocycles. The van der Waals surface area contributed by atoms with Crippen molar-refractivity contribution in [1.82, 2.24) is 14.5 Å². The molecule has 268 valence electrons. The Morgan fingerprint density at radius 1 is 1.15 bits per heavy atom. The van der Waals surface area contributed by atoms with Gasteiger partial charge in [-0.05, 0) is 91.2 Å². The molecule has 9 atom stereocenters. The van der Waals surface area contributed by atoms with Gasteiger partial charge in [-0.15, -0.1) is 0 Å². The number of sulfonamides is 1. The minimum Gasteiger partial charge on any atom is -0.459 e. The number of carbonyl (C=O) groups excluding carboxylic acids is 2. The smallest absolute Gasteiger partial charge is 0.331 e. The van der Waals surface area contributed by atoms with E-state index in [1.54, 1.807) is 6.92 Å². The molecule has 2 aliphatic heterocycles. The van der Waals surface area contributed by atoms with Crippen molar-refractivity contribution in [3.63, 3.8) is 0 Å². The van der Waals surface area contributed by atoms with Crippen LogP contribution in [-0.2, 0) is 29.0 Å². The van der Waals surface area contributed by atoms with Gasteiger partial charge in [0, 0.05) is 30.5 Å². The first-order valence-corrected chi connectivity index (χ1v) is 18.1. The van der Waals surface area contributed by atoms with Crippen molar-refractivity contribution < 1.29 is 47.5 Å². The number of halogens is 1. The van der Waals surface area contributed by atoms with Gasteiger partial charge in [0.05, 0.1) is 35.7 Å². The van der Waals surface area contributed by atoms with Crippen LogP contribution >= 0.6 is 11.6 Å². The predicted octanol–water partition coefficient (Wildman–Crippen LogP) is 2.89. The largest absolute Gasteiger partial charge is 0.459 e. The Bertz CT molecular complexity index is 1280. The Morgan fingerprint density at radius 2 is 1.81 bits per heavy atom. The number of carbonyl (C=O) groups is 2. The molecule has 1 aromatic rings. The molecule has 0 unspecified atom stereocenters. The highest BCUT2D eigenvalue weighted by Crippen LogP contribution is 2.29. The number of esters is 1. The second kappa shape index (κ2) is 17.1. The second-order valence-electron chi connectivity index (χ2n) is 13.2. The highest BCUT2D eigenvalue weighted by molar-refractivity contribution is 7.90. The maximum absolute atomic E-state index is 13.4. The molecule has 0 radical (unpaired) electrons. The quantitative estimate of drug-likeness (QED) is 0.321. The lowest BCUT2D eigenvalue weighted by Gasteiger charge is -2.39. The van der Waals surface area contributed by atoms with E-state index in [4.69, 9.17) is 25.8 Å². The standard InChI is InChI=1S/C32H52ClN3O10S/c1-7-28-32(4,41)27(38)19-36(31(40)34-47(42,43)25-13-11-22(33)12-14-25)15-9-8-10-24(18-26(37)21(3)30(39)46-28)45-29-17-23(35(5)6)16-20(2)44-29/h11-14,20-21,23-24,26-29,37-38,41H,7-10,15-19H2,1-6H3,(H,34,40)/t20-,21-,23-,24+,26+,27-,28-,29+,32+/m1/s1. The number of nitrogens with one attached hydrogen (secondary N) is 1. The third-order valence-corrected chi connectivity index (χ3v) is 10.8. The molecule has 2 saturated heterocycles. The van der Waals surface area contributed by atoms with Gasteiger partial charge >= 0.3 is 12.0 Å². The van der Waals surface area contributed by atoms with Crippen LogP contribution in [0.15, 0.2) is 29.2 Å². The summed E-state index contributed by atoms with van der Waals surface area (Å²) in [6, 6.07) is 4.53. The fourth-order valence-electron chi connectivity index (χ4n) is 5.94. The van der Waals surface area contributed by atoms with E-state index in [0.717, 1.165) is 11.3 Å². The average molecular weight is 706 g/mol. The highest BCUT2D eigenvalue weighted by atomic mass is 35.5. The predicted molar refractivity (Wildman–Crippen MR) is 175 cm³/mol. The number of hydrogen-bond donors (Lipinski definition) is 4. The van der Waals surface area contributed by atoms with E-state index in [1.165, 1.54) is 38.1 Å². The van der Waals surface area contributed by atoms with E-state index in [9.17, 15) is 33.3 Å². The number of aliphatic hydroxyl groups excluding tert-OH is 2. The summed E-state index contributed by atoms with van der Waals surface area (Å²) in [7, 11) is -0.289. The van der Waals surface area contributed by atoms with Gasteiger partial charge in [0.15, 0.2) is 6.29 Å². The van der Waals surface area contributed by atoms with Crippen molar-refractivity contribution in [2.45, 2.75) is 126 Å². The lowest BCUT2D eigenvalue weighted by Crippen LogP contribution is -2.57. The third kappa shape index (κ3) is 11.0. The molecular weight excluding hydrogens is 654 g/mol. The Hall–Kier alpha value is -2.04. The van der Waals surface area contributed by atoms with Crippen molar-refractivity contribution >= 4 is 33.6 Å². The Balaban J connectivity index is 1.86. The zero-order valence-electron chi connectivity index (χ0n) is 28.2. The van der Waals surface area contributed by atoms with Gasteiger partial charge in [-0.1, -0.05) is 18.5 Å². The molecule has 0 bridgehead atoms. The SMILES string of the molecule is CC[C@H]1OC(=O)[C@H](C)[C@@H](O)C[C@@H](O[C@H]2C[C@H](N(C)C)C[C@@H](C)O2)CCCCN(C(=O)NS(=O)(=O)c2ccc(Cl)cc2)C[C@@H](O)[C@]1(C)O. The number of ether oxygens (including phenoxy) is 3. The summed E-state index contributed by atoms with van der Waals surface area (Å²) in [6.45, 7) is 6.03. The molecule has 2 amide bonds. The maximum atomic E-state index is 13.4. The number of β-amino-alcohol motifs (C(OH)–C–C–N with tert-alkyl or cyclic N) is 1. The molecular formula is C32H52ClN3O10S. The second-order valence-corrected chi connectivity index (χ2v) is 15.3. The van der Waals surface area contributed by atoms with Gasteiger partial charge in [-0.3, -0.25) is 4.79 Å². The van der Waals surface area contributed by atoms with Gasteiger partial charge in [0.25, 0.3) is 10.0 Å². The average Bonchev–Trinajstić information content (AvgIpc) is 2.99. The Labute approximate surface area is 283 Å². The van der Waals surface area contributed by atoms with Crippen LogP contribution in [0.25, 0.3) is 0 Å². The number of benzene rings is 1. The van der Waals surface area contributed by atoms with E-state index in [1.807, 2.05) is 25.7 Å². The number of nitrogens with zero attached hydrogens (tertiary/aromatic N) is 2. The molecule has 2 heterocycles. The molecule has 4 N–H and O–H groups in total. The monoisotopic (exact) mass is 705 g/mol. The van der Waals surface area contributed by atoms with Gasteiger partial charge in [0.2, 0.25) is 0 Å². The first kappa shape index (κ1) is 39.4. The molecule has 47 heavy (non-hydrogen) atoms. The van der Waals surface area contributed by atoms with Crippen LogP contribution in [0.5, 0.6) is 0 Å². The Morgan fingerprint density at radius 3 is 2.43 bits per heavy atom. The Kier molecular flexibility index (Phi) is 14.3. The zero-order chi connectivity index (χ0) is 35.1. The molecule has 3 rings (SSSR count). The van der Waals surface area contributed by atoms with Gasteiger partial charge < -0.3 is 39.3 Å². The first-order valence-electron chi connectivity index (χ1n) is 16.3. The molecule has 0 saturated carbocycles. The number of cyclic esters (lactones) is 1. The van der Waals surface area contributed by atoms with Crippen LogP contribution < -0.4 is 4.72 Å². The molecule has 0 spiro atoms. The molecule has 2 aliphatic rings. The number of amides is 2. The van der Waals surface area contributed by atoms with E-state index < -0.39 is 70.8 Å². The maximum Gasteiger partial charge on any atom is 0.331 e. The van der Waals surface area contributed by atoms with E-state index in [-0.39, 0.29) is 36.4 Å². The molecule has 13 nitrogen and oxygen atoms in total. The number of rotatable bonds is 6. The summed E-state index contributed by atoms with van der Waals surface area (Å²) >= 11 is 5.89. The molecule has 1 aromatic carbocycles. The van der Waals surface area contributed by atoms with Gasteiger partial charge in [-0.25, -0.2) is 17.9 Å². The molecule has 15 heteroatoms. The number of aliphatic hydroxyl groups is 3. The molecule has 2 fully saturated rings. The summed E-state index contributed by atoms with van der Waals surface area (Å²) < 4.78 is 46.1. The van der Waals surface area contributed by atoms with E-state index >= 15 is 0 Å². The van der Waals surface area contributed by atoms with Crippen LogP contribution in [0.4, 0.5) is 4.79 Å². The first-order chi connectivity index (χ1) is 21.9. The highest BCUT2D eigenvalue weighted by Gasteiger charge is 2.43. The summed E-state index contributed by atoms with van der Waals surface area (Å²) in [5.41, 5.74) is -2.02. The van der Waals surface area contributed by atoms with Crippen LogP contribution in [-0.4, -0.2) is 121 Å². The van der Waals surface area contributed by atoms with Crippen LogP contribution in [0, 0.1) is 5.92 Å². The lowest BCUT2D eigenvalue weighted by molar-refractivity contribution is -0.227. The summed E-state index contributed by atoms with van der Waals surface area (Å²) in [6.07, 6.45) is -2.00. The minimum absolute atomic E-state index is 0.0248. The van der Waals surface area contributed by atoms with Crippen molar-refractivity contribution in [3.05, 3.63) is 29.3 Å². The third-order valence-electron chi connectivity index (χ3n) is 9.17. The van der Waals surface area contributed by atoms with E-state index in [0.29, 0.717) is 30.7 Å².